The largest absolute Gasteiger partial charge is 0.478 e. The van der Waals surface area contributed by atoms with Crippen LogP contribution >= 0.6 is 0 Å². The van der Waals surface area contributed by atoms with Gasteiger partial charge in [0.1, 0.15) is 6.54 Å². The van der Waals surface area contributed by atoms with Gasteiger partial charge in [-0.05, 0) is 31.5 Å². The fourth-order valence-corrected chi connectivity index (χ4v) is 2.40. The molecule has 0 bridgehead atoms. The van der Waals surface area contributed by atoms with E-state index in [0.29, 0.717) is 25.2 Å². The quantitative estimate of drug-likeness (QED) is 0.903. The maximum Gasteiger partial charge on any atom is 0.335 e. The Kier molecular flexibility index (Phi) is 4.57. The fourth-order valence-electron chi connectivity index (χ4n) is 2.40. The first kappa shape index (κ1) is 15.0. The summed E-state index contributed by atoms with van der Waals surface area (Å²) in [6.45, 7) is 3.73. The molecule has 0 spiro atoms. The van der Waals surface area contributed by atoms with Crippen molar-refractivity contribution in [2.45, 2.75) is 13.3 Å². The van der Waals surface area contributed by atoms with Gasteiger partial charge in [0.15, 0.2) is 0 Å². The van der Waals surface area contributed by atoms with E-state index in [0.717, 1.165) is 6.42 Å². The summed E-state index contributed by atoms with van der Waals surface area (Å²) in [5, 5.41) is 8.97. The van der Waals surface area contributed by atoms with Gasteiger partial charge in [-0.15, -0.1) is 0 Å². The number of carboxylic acids is 1. The topological polar surface area (TPSA) is 77.9 Å². The van der Waals surface area contributed by atoms with Gasteiger partial charge in [0.05, 0.1) is 5.56 Å². The number of amides is 2. The van der Waals surface area contributed by atoms with Crippen LogP contribution in [0.2, 0.25) is 0 Å². The molecule has 1 aromatic carbocycles. The number of carbonyl (C=O) groups is 3. The zero-order valence-corrected chi connectivity index (χ0v) is 11.9. The third kappa shape index (κ3) is 3.39. The Hall–Kier alpha value is -2.37. The van der Waals surface area contributed by atoms with Gasteiger partial charge in [-0.1, -0.05) is 6.07 Å². The van der Waals surface area contributed by atoms with E-state index in [-0.39, 0.29) is 23.9 Å². The number of nitrogens with zero attached hydrogens (tertiary/aromatic N) is 2. The molecule has 1 aromatic rings. The Balaban J connectivity index is 2.17. The molecular weight excluding hydrogens is 272 g/mol. The lowest BCUT2D eigenvalue weighted by Crippen LogP contribution is -2.39. The molecule has 0 atom stereocenters. The number of benzene rings is 1. The predicted molar refractivity (Wildman–Crippen MR) is 76.2 cm³/mol. The number of rotatable bonds is 3. The summed E-state index contributed by atoms with van der Waals surface area (Å²) in [7, 11) is 0. The van der Waals surface area contributed by atoms with Crippen LogP contribution in [0.1, 0.15) is 34.1 Å². The van der Waals surface area contributed by atoms with E-state index < -0.39 is 5.97 Å². The monoisotopic (exact) mass is 290 g/mol. The highest BCUT2D eigenvalue weighted by molar-refractivity contribution is 5.99. The van der Waals surface area contributed by atoms with Crippen LogP contribution in [-0.4, -0.2) is 58.9 Å². The number of likely N-dealkylation sites (N-methyl/N-ethyl adjacent to an activating group) is 1. The number of hydrogen-bond acceptors (Lipinski definition) is 3. The summed E-state index contributed by atoms with van der Waals surface area (Å²) >= 11 is 0. The SMILES string of the molecule is CCN1CCCN(C(=O)c2cccc(C(=O)O)c2)CC1=O. The Morgan fingerprint density at radius 3 is 2.62 bits per heavy atom. The summed E-state index contributed by atoms with van der Waals surface area (Å²) in [5.41, 5.74) is 0.366. The number of carboxylic acid groups (broad SMARTS) is 1. The van der Waals surface area contributed by atoms with E-state index in [9.17, 15) is 14.4 Å². The first-order valence-electron chi connectivity index (χ1n) is 6.93. The minimum Gasteiger partial charge on any atom is -0.478 e. The predicted octanol–water partition coefficient (Wildman–Crippen LogP) is 1.08. The summed E-state index contributed by atoms with van der Waals surface area (Å²) in [6, 6.07) is 5.89. The van der Waals surface area contributed by atoms with Crippen molar-refractivity contribution in [1.82, 2.24) is 9.80 Å². The average Bonchev–Trinajstić information content (AvgIpc) is 2.67. The first-order chi connectivity index (χ1) is 10.0. The molecule has 21 heavy (non-hydrogen) atoms. The van der Waals surface area contributed by atoms with Gasteiger partial charge in [-0.3, -0.25) is 9.59 Å². The standard InChI is InChI=1S/C15H18N2O4/c1-2-16-7-4-8-17(10-13(16)18)14(19)11-5-3-6-12(9-11)15(20)21/h3,5-6,9H,2,4,7-8,10H2,1H3,(H,20,21). The van der Waals surface area contributed by atoms with Gasteiger partial charge < -0.3 is 14.9 Å². The zero-order valence-electron chi connectivity index (χ0n) is 11.9. The van der Waals surface area contributed by atoms with Crippen LogP contribution in [-0.2, 0) is 4.79 Å². The fraction of sp³-hybridized carbons (Fsp3) is 0.400. The van der Waals surface area contributed by atoms with Crippen LogP contribution in [0.4, 0.5) is 0 Å². The Morgan fingerprint density at radius 1 is 1.24 bits per heavy atom. The van der Waals surface area contributed by atoms with Crippen LogP contribution < -0.4 is 0 Å². The second-order valence-corrected chi connectivity index (χ2v) is 4.94. The van der Waals surface area contributed by atoms with Gasteiger partial charge in [0.2, 0.25) is 5.91 Å². The molecule has 1 heterocycles. The molecule has 0 saturated carbocycles. The van der Waals surface area contributed by atoms with Crippen molar-refractivity contribution < 1.29 is 19.5 Å². The third-order valence-corrected chi connectivity index (χ3v) is 3.56. The van der Waals surface area contributed by atoms with E-state index in [1.54, 1.807) is 11.0 Å². The molecule has 1 aliphatic rings. The van der Waals surface area contributed by atoms with Gasteiger partial charge >= 0.3 is 5.97 Å². The molecule has 1 fully saturated rings. The zero-order chi connectivity index (χ0) is 15.4. The number of aromatic carboxylic acids is 1. The maximum atomic E-state index is 12.4. The van der Waals surface area contributed by atoms with Crippen LogP contribution in [0.5, 0.6) is 0 Å². The van der Waals surface area contributed by atoms with E-state index >= 15 is 0 Å². The molecule has 2 rings (SSSR count). The van der Waals surface area contributed by atoms with Crippen molar-refractivity contribution in [2.75, 3.05) is 26.2 Å². The second-order valence-electron chi connectivity index (χ2n) is 4.94. The first-order valence-corrected chi connectivity index (χ1v) is 6.93. The van der Waals surface area contributed by atoms with Crippen molar-refractivity contribution in [3.63, 3.8) is 0 Å². The van der Waals surface area contributed by atoms with Crippen molar-refractivity contribution in [2.24, 2.45) is 0 Å². The lowest BCUT2D eigenvalue weighted by molar-refractivity contribution is -0.130. The molecule has 0 unspecified atom stereocenters. The highest BCUT2D eigenvalue weighted by atomic mass is 16.4. The number of hydrogen-bond donors (Lipinski definition) is 1. The molecule has 0 aromatic heterocycles. The second kappa shape index (κ2) is 6.39. The lowest BCUT2D eigenvalue weighted by Gasteiger charge is -2.21. The van der Waals surface area contributed by atoms with Crippen LogP contribution in [0.25, 0.3) is 0 Å². The van der Waals surface area contributed by atoms with E-state index in [2.05, 4.69) is 0 Å². The minimum absolute atomic E-state index is 0.0456. The summed E-state index contributed by atoms with van der Waals surface area (Å²) in [5.74, 6) is -1.45. The normalized spacial score (nSPS) is 15.8. The summed E-state index contributed by atoms with van der Waals surface area (Å²) in [6.07, 6.45) is 0.726. The van der Waals surface area contributed by atoms with Gasteiger partial charge in [0, 0.05) is 25.2 Å². The highest BCUT2D eigenvalue weighted by Gasteiger charge is 2.25. The Morgan fingerprint density at radius 2 is 1.95 bits per heavy atom. The smallest absolute Gasteiger partial charge is 0.335 e. The summed E-state index contributed by atoms with van der Waals surface area (Å²) in [4.78, 5) is 38.6. The molecule has 112 valence electrons. The molecular formula is C15H18N2O4. The third-order valence-electron chi connectivity index (χ3n) is 3.56. The molecule has 6 heteroatoms. The van der Waals surface area contributed by atoms with Crippen LogP contribution in [0, 0.1) is 0 Å². The number of carbonyl (C=O) groups excluding carboxylic acids is 2. The Labute approximate surface area is 123 Å². The molecule has 1 aliphatic heterocycles. The molecule has 0 aliphatic carbocycles. The molecule has 1 saturated heterocycles. The van der Waals surface area contributed by atoms with Crippen molar-refractivity contribution in [3.05, 3.63) is 35.4 Å². The molecule has 1 N–H and O–H groups in total. The van der Waals surface area contributed by atoms with Gasteiger partial charge in [-0.2, -0.15) is 0 Å². The molecule has 2 amide bonds. The van der Waals surface area contributed by atoms with E-state index in [4.69, 9.17) is 5.11 Å². The van der Waals surface area contributed by atoms with Crippen molar-refractivity contribution in [1.29, 1.82) is 0 Å². The Bertz CT molecular complexity index is 571. The summed E-state index contributed by atoms with van der Waals surface area (Å²) < 4.78 is 0. The maximum absolute atomic E-state index is 12.4. The molecule has 6 nitrogen and oxygen atoms in total. The highest BCUT2D eigenvalue weighted by Crippen LogP contribution is 2.12. The van der Waals surface area contributed by atoms with Crippen molar-refractivity contribution in [3.8, 4) is 0 Å². The lowest BCUT2D eigenvalue weighted by atomic mass is 10.1. The van der Waals surface area contributed by atoms with Crippen molar-refractivity contribution >= 4 is 17.8 Å². The van der Waals surface area contributed by atoms with Gasteiger partial charge in [0.25, 0.3) is 5.91 Å². The van der Waals surface area contributed by atoms with E-state index in [1.165, 1.54) is 23.1 Å². The van der Waals surface area contributed by atoms with Crippen LogP contribution in [0.15, 0.2) is 24.3 Å². The van der Waals surface area contributed by atoms with Gasteiger partial charge in [-0.25, -0.2) is 4.79 Å². The minimum atomic E-state index is -1.08. The van der Waals surface area contributed by atoms with Crippen LogP contribution in [0.3, 0.4) is 0 Å². The van der Waals surface area contributed by atoms with E-state index in [1.807, 2.05) is 6.92 Å². The molecule has 0 radical (unpaired) electrons. The average molecular weight is 290 g/mol.